The van der Waals surface area contributed by atoms with Crippen LogP contribution < -0.4 is 0 Å². The van der Waals surface area contributed by atoms with E-state index in [4.69, 9.17) is 4.99 Å². The van der Waals surface area contributed by atoms with Crippen molar-refractivity contribution in [2.75, 3.05) is 0 Å². The Morgan fingerprint density at radius 1 is 0.500 bits per heavy atom. The predicted molar refractivity (Wildman–Crippen MR) is 118 cm³/mol. The van der Waals surface area contributed by atoms with Gasteiger partial charge < -0.3 is 0 Å². The first-order chi connectivity index (χ1) is 13.9. The molecule has 1 nitrogen and oxygen atoms in total. The van der Waals surface area contributed by atoms with Gasteiger partial charge in [-0.2, -0.15) is 0 Å². The highest BCUT2D eigenvalue weighted by atomic mass is 14.9. The first-order valence-electron chi connectivity index (χ1n) is 9.64. The molecule has 0 bridgehead atoms. The third kappa shape index (κ3) is 3.65. The van der Waals surface area contributed by atoms with E-state index in [2.05, 4.69) is 121 Å². The number of benzene rings is 4. The van der Waals surface area contributed by atoms with Gasteiger partial charge >= 0.3 is 0 Å². The van der Waals surface area contributed by atoms with Gasteiger partial charge in [0, 0.05) is 12.6 Å². The molecule has 0 aliphatic heterocycles. The topological polar surface area (TPSA) is 12.4 Å². The van der Waals surface area contributed by atoms with E-state index in [1.54, 1.807) is 0 Å². The Bertz CT molecular complexity index is 910. The number of hydrogen-bond donors (Lipinski definition) is 0. The van der Waals surface area contributed by atoms with Crippen LogP contribution in [0.3, 0.4) is 0 Å². The molecule has 136 valence electrons. The molecule has 4 aromatic carbocycles. The fourth-order valence-corrected chi connectivity index (χ4v) is 3.66. The van der Waals surface area contributed by atoms with Crippen LogP contribution in [0, 0.1) is 0 Å². The van der Waals surface area contributed by atoms with E-state index in [0.29, 0.717) is 0 Å². The average Bonchev–Trinajstić information content (AvgIpc) is 2.79. The summed E-state index contributed by atoms with van der Waals surface area (Å²) in [6.07, 6.45) is 2.86. The largest absolute Gasteiger partial charge is 0.276 e. The van der Waals surface area contributed by atoms with E-state index in [-0.39, 0.29) is 0 Å². The van der Waals surface area contributed by atoms with Crippen LogP contribution in [0.1, 0.15) is 22.3 Å². The second-order valence-corrected chi connectivity index (χ2v) is 6.81. The maximum atomic E-state index is 5.24. The van der Waals surface area contributed by atoms with E-state index in [0.717, 1.165) is 23.1 Å². The molecule has 0 atom stereocenters. The van der Waals surface area contributed by atoms with Crippen molar-refractivity contribution in [3.8, 4) is 0 Å². The summed E-state index contributed by atoms with van der Waals surface area (Å²) in [5.74, 6) is 0. The lowest BCUT2D eigenvalue weighted by atomic mass is 9.77. The first-order valence-corrected chi connectivity index (χ1v) is 9.64. The maximum absolute atomic E-state index is 5.24. The number of aliphatic imine (C=N–C) groups is 1. The minimum absolute atomic E-state index is 0.571. The highest BCUT2D eigenvalue weighted by molar-refractivity contribution is 5.65. The van der Waals surface area contributed by atoms with Crippen LogP contribution in [0.2, 0.25) is 0 Å². The Kier molecular flexibility index (Phi) is 5.44. The Labute approximate surface area is 167 Å². The van der Waals surface area contributed by atoms with Crippen molar-refractivity contribution >= 4 is 6.21 Å². The molecule has 0 saturated heterocycles. The van der Waals surface area contributed by atoms with Crippen molar-refractivity contribution in [1.29, 1.82) is 0 Å². The quantitative estimate of drug-likeness (QED) is 0.283. The smallest absolute Gasteiger partial charge is 0.135 e. The standard InChI is InChI=1S/C27H23N/c1-5-13-23(14-6-1)21-22-28-27(24-15-7-2-8-16-24,25-17-9-3-10-18-25)26-19-11-4-12-20-26/h1-20,22H,21H2. The summed E-state index contributed by atoms with van der Waals surface area (Å²) in [4.78, 5) is 5.24. The highest BCUT2D eigenvalue weighted by Crippen LogP contribution is 2.40. The first kappa shape index (κ1) is 17.9. The molecule has 1 heteroatoms. The molecule has 0 unspecified atom stereocenters. The molecule has 4 rings (SSSR count). The zero-order valence-corrected chi connectivity index (χ0v) is 15.8. The third-order valence-electron chi connectivity index (χ3n) is 5.03. The molecule has 0 aromatic heterocycles. The molecule has 0 aliphatic carbocycles. The van der Waals surface area contributed by atoms with E-state index >= 15 is 0 Å². The summed E-state index contributed by atoms with van der Waals surface area (Å²) >= 11 is 0. The minimum atomic E-state index is -0.571. The van der Waals surface area contributed by atoms with Crippen LogP contribution in [0.5, 0.6) is 0 Å². The lowest BCUT2D eigenvalue weighted by Crippen LogP contribution is -2.27. The molecule has 0 spiro atoms. The molecule has 0 fully saturated rings. The maximum Gasteiger partial charge on any atom is 0.135 e. The van der Waals surface area contributed by atoms with Crippen molar-refractivity contribution in [2.45, 2.75) is 12.0 Å². The number of rotatable bonds is 6. The summed E-state index contributed by atoms with van der Waals surface area (Å²) < 4.78 is 0. The summed E-state index contributed by atoms with van der Waals surface area (Å²) in [6.45, 7) is 0. The van der Waals surface area contributed by atoms with Crippen LogP contribution >= 0.6 is 0 Å². The second-order valence-electron chi connectivity index (χ2n) is 6.81. The Morgan fingerprint density at radius 2 is 0.857 bits per heavy atom. The van der Waals surface area contributed by atoms with Crippen LogP contribution in [-0.4, -0.2) is 6.21 Å². The summed E-state index contributed by atoms with van der Waals surface area (Å²) in [7, 11) is 0. The van der Waals surface area contributed by atoms with E-state index in [1.165, 1.54) is 5.56 Å². The van der Waals surface area contributed by atoms with E-state index in [9.17, 15) is 0 Å². The molecule has 28 heavy (non-hydrogen) atoms. The van der Waals surface area contributed by atoms with Gasteiger partial charge in [-0.25, -0.2) is 0 Å². The van der Waals surface area contributed by atoms with Crippen LogP contribution in [-0.2, 0) is 12.0 Å². The van der Waals surface area contributed by atoms with Crippen molar-refractivity contribution in [1.82, 2.24) is 0 Å². The highest BCUT2D eigenvalue weighted by Gasteiger charge is 2.35. The van der Waals surface area contributed by atoms with Crippen LogP contribution in [0.4, 0.5) is 0 Å². The van der Waals surface area contributed by atoms with Gasteiger partial charge in [0.2, 0.25) is 0 Å². The van der Waals surface area contributed by atoms with Gasteiger partial charge in [0.15, 0.2) is 0 Å². The third-order valence-corrected chi connectivity index (χ3v) is 5.03. The van der Waals surface area contributed by atoms with E-state index in [1.807, 2.05) is 6.07 Å². The molecule has 4 aromatic rings. The van der Waals surface area contributed by atoms with E-state index < -0.39 is 5.54 Å². The van der Waals surface area contributed by atoms with Gasteiger partial charge in [-0.05, 0) is 22.3 Å². The second kappa shape index (κ2) is 8.49. The summed E-state index contributed by atoms with van der Waals surface area (Å²) in [5.41, 5.74) is 4.18. The molecule has 0 N–H and O–H groups in total. The van der Waals surface area contributed by atoms with Gasteiger partial charge in [-0.15, -0.1) is 0 Å². The van der Waals surface area contributed by atoms with Gasteiger partial charge in [0.05, 0.1) is 0 Å². The Hall–Kier alpha value is -3.45. The molecule has 0 amide bonds. The van der Waals surface area contributed by atoms with Crippen LogP contribution in [0.25, 0.3) is 0 Å². The fourth-order valence-electron chi connectivity index (χ4n) is 3.66. The number of hydrogen-bond acceptors (Lipinski definition) is 1. The van der Waals surface area contributed by atoms with Gasteiger partial charge in [-0.3, -0.25) is 4.99 Å². The molecule has 0 saturated carbocycles. The summed E-state index contributed by atoms with van der Waals surface area (Å²) in [6, 6.07) is 42.1. The molecular formula is C27H23N. The Balaban J connectivity index is 1.88. The van der Waals surface area contributed by atoms with Crippen molar-refractivity contribution in [2.24, 2.45) is 4.99 Å². The average molecular weight is 361 g/mol. The minimum Gasteiger partial charge on any atom is -0.276 e. The van der Waals surface area contributed by atoms with Gasteiger partial charge in [-0.1, -0.05) is 121 Å². The van der Waals surface area contributed by atoms with Crippen LogP contribution in [0.15, 0.2) is 126 Å². The molecular weight excluding hydrogens is 338 g/mol. The zero-order valence-electron chi connectivity index (χ0n) is 15.8. The molecule has 0 radical (unpaired) electrons. The SMILES string of the molecule is C(Cc1ccccc1)=NC(c1ccccc1)(c1ccccc1)c1ccccc1. The summed E-state index contributed by atoms with van der Waals surface area (Å²) in [5, 5.41) is 0. The normalized spacial score (nSPS) is 11.6. The van der Waals surface area contributed by atoms with Gasteiger partial charge in [0.25, 0.3) is 0 Å². The lowest BCUT2D eigenvalue weighted by Gasteiger charge is -2.32. The van der Waals surface area contributed by atoms with Gasteiger partial charge in [0.1, 0.15) is 5.54 Å². The van der Waals surface area contributed by atoms with Crippen molar-refractivity contribution in [3.05, 3.63) is 144 Å². The molecule has 0 heterocycles. The fraction of sp³-hybridized carbons (Fsp3) is 0.0741. The predicted octanol–water partition coefficient (Wildman–Crippen LogP) is 6.29. The number of nitrogens with zero attached hydrogens (tertiary/aromatic N) is 1. The zero-order chi connectivity index (χ0) is 19.1. The lowest BCUT2D eigenvalue weighted by molar-refractivity contribution is 0.658. The van der Waals surface area contributed by atoms with Crippen molar-refractivity contribution < 1.29 is 0 Å². The Morgan fingerprint density at radius 3 is 1.25 bits per heavy atom. The van der Waals surface area contributed by atoms with Crippen molar-refractivity contribution in [3.63, 3.8) is 0 Å². The monoisotopic (exact) mass is 361 g/mol. The molecule has 0 aliphatic rings.